The minimum Gasteiger partial charge on any atom is -0.481 e. The Labute approximate surface area is 138 Å². The number of aliphatic hydroxyl groups excluding tert-OH is 1. The van der Waals surface area contributed by atoms with Crippen LogP contribution in [0.5, 0.6) is 0 Å². The van der Waals surface area contributed by atoms with Crippen LogP contribution in [0.1, 0.15) is 22.5 Å². The van der Waals surface area contributed by atoms with E-state index >= 15 is 0 Å². The van der Waals surface area contributed by atoms with Gasteiger partial charge in [-0.1, -0.05) is 60.7 Å². The van der Waals surface area contributed by atoms with Gasteiger partial charge in [-0.05, 0) is 28.1 Å². The van der Waals surface area contributed by atoms with Gasteiger partial charge in [0.05, 0.1) is 0 Å². The van der Waals surface area contributed by atoms with Gasteiger partial charge in [-0.2, -0.15) is 0 Å². The Morgan fingerprint density at radius 3 is 2.09 bits per heavy atom. The molecule has 1 heterocycles. The Morgan fingerprint density at radius 2 is 1.52 bits per heavy atom. The second-order valence-corrected chi connectivity index (χ2v) is 6.24. The highest BCUT2D eigenvalue weighted by Gasteiger charge is 2.30. The summed E-state index contributed by atoms with van der Waals surface area (Å²) >= 11 is 1.36. The zero-order valence-corrected chi connectivity index (χ0v) is 13.1. The van der Waals surface area contributed by atoms with Crippen molar-refractivity contribution in [3.63, 3.8) is 0 Å². The molecule has 2 aromatic carbocycles. The lowest BCUT2D eigenvalue weighted by Gasteiger charge is -2.19. The summed E-state index contributed by atoms with van der Waals surface area (Å²) in [6, 6.07) is 20.8. The number of hydrogen-bond acceptors (Lipinski definition) is 3. The molecule has 4 heteroatoms. The summed E-state index contributed by atoms with van der Waals surface area (Å²) < 4.78 is 0. The second-order valence-electron chi connectivity index (χ2n) is 5.26. The SMILES string of the molecule is O=C(O)[C@H](c1ccc(-c2ccccc2)cc1)[C@@H](O)c1cccs1. The average molecular weight is 324 g/mol. The largest absolute Gasteiger partial charge is 0.481 e. The van der Waals surface area contributed by atoms with Gasteiger partial charge in [-0.25, -0.2) is 0 Å². The number of aliphatic carboxylic acids is 1. The van der Waals surface area contributed by atoms with Gasteiger partial charge in [-0.3, -0.25) is 4.79 Å². The topological polar surface area (TPSA) is 57.5 Å². The summed E-state index contributed by atoms with van der Waals surface area (Å²) in [5.41, 5.74) is 2.69. The van der Waals surface area contributed by atoms with E-state index in [1.165, 1.54) is 11.3 Å². The van der Waals surface area contributed by atoms with Crippen LogP contribution in [0.3, 0.4) is 0 Å². The fourth-order valence-corrected chi connectivity index (χ4v) is 3.34. The highest BCUT2D eigenvalue weighted by atomic mass is 32.1. The molecule has 0 aliphatic rings. The number of hydrogen-bond donors (Lipinski definition) is 2. The standard InChI is InChI=1S/C19H16O3S/c20-18(16-7-4-12-23-16)17(19(21)22)15-10-8-14(9-11-15)13-5-2-1-3-6-13/h1-12,17-18,20H,(H,21,22)/t17-,18+/m1/s1. The molecule has 0 saturated carbocycles. The van der Waals surface area contributed by atoms with Crippen molar-refractivity contribution in [3.05, 3.63) is 82.6 Å². The molecule has 0 unspecified atom stereocenters. The van der Waals surface area contributed by atoms with Crippen molar-refractivity contribution in [1.82, 2.24) is 0 Å². The molecule has 0 aliphatic carbocycles. The lowest BCUT2D eigenvalue weighted by Crippen LogP contribution is -2.19. The van der Waals surface area contributed by atoms with Crippen molar-refractivity contribution < 1.29 is 15.0 Å². The number of carboxylic acids is 1. The molecule has 23 heavy (non-hydrogen) atoms. The Hall–Kier alpha value is -2.43. The maximum absolute atomic E-state index is 11.6. The maximum atomic E-state index is 11.6. The molecule has 0 fully saturated rings. The predicted octanol–water partition coefficient (Wildman–Crippen LogP) is 4.32. The molecule has 2 N–H and O–H groups in total. The first kappa shape index (κ1) is 15.5. The van der Waals surface area contributed by atoms with Gasteiger partial charge in [0, 0.05) is 4.88 Å². The monoisotopic (exact) mass is 324 g/mol. The lowest BCUT2D eigenvalue weighted by molar-refractivity contribution is -0.141. The number of thiophene rings is 1. The Balaban J connectivity index is 1.91. The predicted molar refractivity (Wildman–Crippen MR) is 91.5 cm³/mol. The third kappa shape index (κ3) is 3.33. The van der Waals surface area contributed by atoms with Crippen LogP contribution in [-0.4, -0.2) is 16.2 Å². The fraction of sp³-hybridized carbons (Fsp3) is 0.105. The molecule has 0 spiro atoms. The highest BCUT2D eigenvalue weighted by Crippen LogP contribution is 2.34. The van der Waals surface area contributed by atoms with Gasteiger partial charge in [0.15, 0.2) is 0 Å². The van der Waals surface area contributed by atoms with E-state index in [1.54, 1.807) is 24.3 Å². The molecule has 3 nitrogen and oxygen atoms in total. The molecule has 0 amide bonds. The summed E-state index contributed by atoms with van der Waals surface area (Å²) in [5.74, 6) is -2.00. The van der Waals surface area contributed by atoms with E-state index in [2.05, 4.69) is 0 Å². The van der Waals surface area contributed by atoms with Gasteiger partial charge in [-0.15, -0.1) is 11.3 Å². The molecule has 3 rings (SSSR count). The quantitative estimate of drug-likeness (QED) is 0.735. The number of carbonyl (C=O) groups is 1. The van der Waals surface area contributed by atoms with Gasteiger partial charge in [0.2, 0.25) is 0 Å². The van der Waals surface area contributed by atoms with Gasteiger partial charge in [0.25, 0.3) is 0 Å². The van der Waals surface area contributed by atoms with Crippen LogP contribution in [-0.2, 0) is 4.79 Å². The van der Waals surface area contributed by atoms with Crippen LogP contribution < -0.4 is 0 Å². The van der Waals surface area contributed by atoms with Crippen LogP contribution in [0.25, 0.3) is 11.1 Å². The zero-order chi connectivity index (χ0) is 16.2. The van der Waals surface area contributed by atoms with Crippen LogP contribution in [0, 0.1) is 0 Å². The van der Waals surface area contributed by atoms with Gasteiger partial charge in [0.1, 0.15) is 12.0 Å². The van der Waals surface area contributed by atoms with Crippen molar-refractivity contribution in [2.24, 2.45) is 0 Å². The molecule has 2 atom stereocenters. The zero-order valence-electron chi connectivity index (χ0n) is 12.3. The van der Waals surface area contributed by atoms with Crippen molar-refractivity contribution in [2.45, 2.75) is 12.0 Å². The molecular weight excluding hydrogens is 308 g/mol. The van der Waals surface area contributed by atoms with Crippen LogP contribution in [0.4, 0.5) is 0 Å². The molecule has 0 bridgehead atoms. The van der Waals surface area contributed by atoms with E-state index in [0.717, 1.165) is 11.1 Å². The summed E-state index contributed by atoms with van der Waals surface area (Å²) in [4.78, 5) is 12.3. The minimum absolute atomic E-state index is 0.595. The normalized spacial score (nSPS) is 13.4. The van der Waals surface area contributed by atoms with E-state index in [9.17, 15) is 15.0 Å². The lowest BCUT2D eigenvalue weighted by atomic mass is 9.91. The number of benzene rings is 2. The van der Waals surface area contributed by atoms with E-state index < -0.39 is 18.0 Å². The van der Waals surface area contributed by atoms with Crippen LogP contribution in [0.15, 0.2) is 72.1 Å². The Bertz CT molecular complexity index is 764. The first-order valence-corrected chi connectivity index (χ1v) is 8.14. The van der Waals surface area contributed by atoms with E-state index in [4.69, 9.17) is 0 Å². The summed E-state index contributed by atoms with van der Waals surface area (Å²) in [6.07, 6.45) is -1.05. The number of carboxylic acid groups (broad SMARTS) is 1. The smallest absolute Gasteiger partial charge is 0.314 e. The summed E-state index contributed by atoms with van der Waals surface area (Å²) in [7, 11) is 0. The Morgan fingerprint density at radius 1 is 0.870 bits per heavy atom. The molecule has 0 saturated heterocycles. The van der Waals surface area contributed by atoms with Crippen LogP contribution in [0.2, 0.25) is 0 Å². The van der Waals surface area contributed by atoms with E-state index in [1.807, 2.05) is 47.8 Å². The van der Waals surface area contributed by atoms with Crippen molar-refractivity contribution in [2.75, 3.05) is 0 Å². The van der Waals surface area contributed by atoms with E-state index in [0.29, 0.717) is 10.4 Å². The maximum Gasteiger partial charge on any atom is 0.314 e. The molecular formula is C19H16O3S. The minimum atomic E-state index is -1.05. The molecule has 1 aromatic heterocycles. The third-order valence-electron chi connectivity index (χ3n) is 3.79. The first-order chi connectivity index (χ1) is 11.2. The van der Waals surface area contributed by atoms with E-state index in [-0.39, 0.29) is 0 Å². The summed E-state index contributed by atoms with van der Waals surface area (Å²) in [6.45, 7) is 0. The van der Waals surface area contributed by atoms with Crippen LogP contribution >= 0.6 is 11.3 Å². The summed E-state index contributed by atoms with van der Waals surface area (Å²) in [5, 5.41) is 21.8. The van der Waals surface area contributed by atoms with Crippen molar-refractivity contribution in [3.8, 4) is 11.1 Å². The molecule has 0 aliphatic heterocycles. The average Bonchev–Trinajstić information content (AvgIpc) is 3.11. The van der Waals surface area contributed by atoms with Crippen molar-refractivity contribution in [1.29, 1.82) is 0 Å². The molecule has 116 valence electrons. The Kier molecular flexibility index (Phi) is 4.55. The second kappa shape index (κ2) is 6.77. The molecule has 3 aromatic rings. The fourth-order valence-electron chi connectivity index (χ4n) is 2.60. The third-order valence-corrected chi connectivity index (χ3v) is 4.74. The van der Waals surface area contributed by atoms with Crippen molar-refractivity contribution >= 4 is 17.3 Å². The van der Waals surface area contributed by atoms with Gasteiger partial charge < -0.3 is 10.2 Å². The molecule has 0 radical (unpaired) electrons. The number of aliphatic hydroxyl groups is 1. The van der Waals surface area contributed by atoms with Gasteiger partial charge >= 0.3 is 5.97 Å². The first-order valence-electron chi connectivity index (χ1n) is 7.26. The highest BCUT2D eigenvalue weighted by molar-refractivity contribution is 7.10. The number of rotatable bonds is 5.